The Balaban J connectivity index is 3.01. The summed E-state index contributed by atoms with van der Waals surface area (Å²) < 4.78 is 0. The number of nitrogens with one attached hydrogen (secondary N) is 1. The number of benzene rings is 1. The van der Waals surface area contributed by atoms with Crippen LogP contribution in [0.2, 0.25) is 0 Å². The minimum Gasteiger partial charge on any atom is -0.478 e. The van der Waals surface area contributed by atoms with Crippen LogP contribution in [0.15, 0.2) is 18.2 Å². The van der Waals surface area contributed by atoms with E-state index in [0.29, 0.717) is 11.3 Å². The molecule has 1 rings (SSSR count). The van der Waals surface area contributed by atoms with Gasteiger partial charge < -0.3 is 10.4 Å². The highest BCUT2D eigenvalue weighted by Gasteiger charge is 2.18. The molecule has 18 heavy (non-hydrogen) atoms. The maximum Gasteiger partial charge on any atom is 0.338 e. The maximum absolute atomic E-state index is 12.0. The van der Waals surface area contributed by atoms with Gasteiger partial charge in [0.15, 0.2) is 0 Å². The monoisotopic (exact) mass is 249 g/mol. The number of hydrogen-bond acceptors (Lipinski definition) is 2. The molecule has 0 aliphatic heterocycles. The molecule has 0 radical (unpaired) electrons. The van der Waals surface area contributed by atoms with Crippen molar-refractivity contribution in [3.05, 3.63) is 29.3 Å². The molecular formula is C14H19NO3. The highest BCUT2D eigenvalue weighted by atomic mass is 16.4. The Morgan fingerprint density at radius 1 is 1.28 bits per heavy atom. The van der Waals surface area contributed by atoms with Crippen LogP contribution in [0.1, 0.15) is 42.6 Å². The third kappa shape index (κ3) is 3.09. The Labute approximate surface area is 107 Å². The average Bonchev–Trinajstić information content (AvgIpc) is 2.30. The fraction of sp³-hybridized carbons (Fsp3) is 0.429. The van der Waals surface area contributed by atoms with E-state index in [-0.39, 0.29) is 17.4 Å². The van der Waals surface area contributed by atoms with Gasteiger partial charge in [-0.1, -0.05) is 26.0 Å². The molecule has 0 bridgehead atoms. The van der Waals surface area contributed by atoms with Crippen LogP contribution in [0.5, 0.6) is 0 Å². The molecule has 0 aromatic heterocycles. The standard InChI is InChI=1S/C14H19NO3/c1-4-10(5-2)13(16)15-11-8-6-7-9(3)12(11)14(17)18/h6-8,10H,4-5H2,1-3H3,(H,15,16)(H,17,18). The second-order valence-electron chi connectivity index (χ2n) is 4.31. The summed E-state index contributed by atoms with van der Waals surface area (Å²) in [5.41, 5.74) is 1.18. The van der Waals surface area contributed by atoms with Crippen molar-refractivity contribution >= 4 is 17.6 Å². The smallest absolute Gasteiger partial charge is 0.338 e. The molecule has 1 aromatic carbocycles. The summed E-state index contributed by atoms with van der Waals surface area (Å²) in [6.07, 6.45) is 1.49. The highest BCUT2D eigenvalue weighted by molar-refractivity contribution is 6.02. The van der Waals surface area contributed by atoms with E-state index in [4.69, 9.17) is 5.11 Å². The summed E-state index contributed by atoms with van der Waals surface area (Å²) in [4.78, 5) is 23.1. The third-order valence-corrected chi connectivity index (χ3v) is 3.10. The molecule has 0 aliphatic rings. The molecule has 0 fully saturated rings. The van der Waals surface area contributed by atoms with Crippen molar-refractivity contribution in [2.24, 2.45) is 5.92 Å². The number of hydrogen-bond donors (Lipinski definition) is 2. The van der Waals surface area contributed by atoms with Crippen molar-refractivity contribution in [2.45, 2.75) is 33.6 Å². The number of carbonyl (C=O) groups is 2. The van der Waals surface area contributed by atoms with Crippen LogP contribution in [-0.2, 0) is 4.79 Å². The number of carboxylic acids is 1. The fourth-order valence-electron chi connectivity index (χ4n) is 1.95. The number of aryl methyl sites for hydroxylation is 1. The predicted octanol–water partition coefficient (Wildman–Crippen LogP) is 3.07. The zero-order chi connectivity index (χ0) is 13.7. The van der Waals surface area contributed by atoms with Gasteiger partial charge in [0.2, 0.25) is 5.91 Å². The lowest BCUT2D eigenvalue weighted by Gasteiger charge is -2.15. The summed E-state index contributed by atoms with van der Waals surface area (Å²) in [7, 11) is 0. The Morgan fingerprint density at radius 3 is 2.39 bits per heavy atom. The van der Waals surface area contributed by atoms with Crippen molar-refractivity contribution in [1.82, 2.24) is 0 Å². The van der Waals surface area contributed by atoms with E-state index < -0.39 is 5.97 Å². The van der Waals surface area contributed by atoms with E-state index in [1.807, 2.05) is 13.8 Å². The summed E-state index contributed by atoms with van der Waals surface area (Å²) in [5.74, 6) is -1.21. The van der Waals surface area contributed by atoms with E-state index in [2.05, 4.69) is 5.32 Å². The lowest BCUT2D eigenvalue weighted by Crippen LogP contribution is -2.23. The number of amides is 1. The normalized spacial score (nSPS) is 10.4. The Kier molecular flexibility index (Phi) is 4.89. The summed E-state index contributed by atoms with van der Waals surface area (Å²) in [6.45, 7) is 5.61. The van der Waals surface area contributed by atoms with E-state index in [9.17, 15) is 9.59 Å². The average molecular weight is 249 g/mol. The molecule has 0 spiro atoms. The molecular weight excluding hydrogens is 230 g/mol. The molecule has 98 valence electrons. The maximum atomic E-state index is 12.0. The first kappa shape index (κ1) is 14.2. The van der Waals surface area contributed by atoms with Crippen LogP contribution in [0.25, 0.3) is 0 Å². The van der Waals surface area contributed by atoms with Crippen LogP contribution >= 0.6 is 0 Å². The Hall–Kier alpha value is -1.84. The molecule has 2 N–H and O–H groups in total. The van der Waals surface area contributed by atoms with Gasteiger partial charge in [-0.3, -0.25) is 4.79 Å². The second-order valence-corrected chi connectivity index (χ2v) is 4.31. The lowest BCUT2D eigenvalue weighted by molar-refractivity contribution is -0.120. The van der Waals surface area contributed by atoms with Crippen LogP contribution in [0, 0.1) is 12.8 Å². The van der Waals surface area contributed by atoms with Crippen molar-refractivity contribution in [1.29, 1.82) is 0 Å². The van der Waals surface area contributed by atoms with Crippen LogP contribution in [0.4, 0.5) is 5.69 Å². The van der Waals surface area contributed by atoms with Crippen molar-refractivity contribution in [3.8, 4) is 0 Å². The van der Waals surface area contributed by atoms with Gasteiger partial charge in [-0.05, 0) is 31.4 Å². The molecule has 0 saturated heterocycles. The molecule has 1 amide bonds. The number of anilines is 1. The molecule has 0 atom stereocenters. The Morgan fingerprint density at radius 2 is 1.89 bits per heavy atom. The van der Waals surface area contributed by atoms with Gasteiger partial charge >= 0.3 is 5.97 Å². The highest BCUT2D eigenvalue weighted by Crippen LogP contribution is 2.21. The summed E-state index contributed by atoms with van der Waals surface area (Å²) >= 11 is 0. The number of aromatic carboxylic acids is 1. The minimum atomic E-state index is -1.02. The first-order valence-electron chi connectivity index (χ1n) is 6.15. The van der Waals surface area contributed by atoms with Crippen molar-refractivity contribution in [3.63, 3.8) is 0 Å². The first-order chi connectivity index (χ1) is 8.51. The molecule has 1 aromatic rings. The van der Waals surface area contributed by atoms with E-state index in [1.54, 1.807) is 25.1 Å². The van der Waals surface area contributed by atoms with Gasteiger partial charge in [0.1, 0.15) is 0 Å². The largest absolute Gasteiger partial charge is 0.478 e. The predicted molar refractivity (Wildman–Crippen MR) is 70.8 cm³/mol. The van der Waals surface area contributed by atoms with Crippen LogP contribution in [-0.4, -0.2) is 17.0 Å². The zero-order valence-electron chi connectivity index (χ0n) is 11.0. The van der Waals surface area contributed by atoms with E-state index in [1.165, 1.54) is 0 Å². The molecule has 4 nitrogen and oxygen atoms in total. The SMILES string of the molecule is CCC(CC)C(=O)Nc1cccc(C)c1C(=O)O. The molecule has 0 saturated carbocycles. The van der Waals surface area contributed by atoms with Gasteiger partial charge in [-0.2, -0.15) is 0 Å². The van der Waals surface area contributed by atoms with Gasteiger partial charge in [-0.15, -0.1) is 0 Å². The topological polar surface area (TPSA) is 66.4 Å². The molecule has 0 unspecified atom stereocenters. The number of rotatable bonds is 5. The molecule has 0 heterocycles. The lowest BCUT2D eigenvalue weighted by atomic mass is 10.0. The quantitative estimate of drug-likeness (QED) is 0.842. The van der Waals surface area contributed by atoms with Gasteiger partial charge in [0.05, 0.1) is 11.3 Å². The van der Waals surface area contributed by atoms with Crippen molar-refractivity contribution < 1.29 is 14.7 Å². The van der Waals surface area contributed by atoms with Gasteiger partial charge in [-0.25, -0.2) is 4.79 Å². The summed E-state index contributed by atoms with van der Waals surface area (Å²) in [5, 5.41) is 11.9. The van der Waals surface area contributed by atoms with Gasteiger partial charge in [0, 0.05) is 5.92 Å². The molecule has 4 heteroatoms. The Bertz CT molecular complexity index is 450. The zero-order valence-corrected chi connectivity index (χ0v) is 11.0. The van der Waals surface area contributed by atoms with Crippen LogP contribution in [0.3, 0.4) is 0 Å². The fourth-order valence-corrected chi connectivity index (χ4v) is 1.95. The van der Waals surface area contributed by atoms with Crippen molar-refractivity contribution in [2.75, 3.05) is 5.32 Å². The van der Waals surface area contributed by atoms with Gasteiger partial charge in [0.25, 0.3) is 0 Å². The number of carbonyl (C=O) groups excluding carboxylic acids is 1. The minimum absolute atomic E-state index is 0.0767. The number of carboxylic acid groups (broad SMARTS) is 1. The first-order valence-corrected chi connectivity index (χ1v) is 6.15. The second kappa shape index (κ2) is 6.19. The molecule has 0 aliphatic carbocycles. The van der Waals surface area contributed by atoms with E-state index >= 15 is 0 Å². The summed E-state index contributed by atoms with van der Waals surface area (Å²) in [6, 6.07) is 5.08. The van der Waals surface area contributed by atoms with E-state index in [0.717, 1.165) is 12.8 Å². The third-order valence-electron chi connectivity index (χ3n) is 3.10. The van der Waals surface area contributed by atoms with Crippen LogP contribution < -0.4 is 5.32 Å².